The molecule has 4 nitrogen and oxygen atoms in total. The molecule has 0 fully saturated rings. The van der Waals surface area contributed by atoms with Crippen LogP contribution in [0.2, 0.25) is 0 Å². The molecule has 0 aliphatic carbocycles. The molecule has 3 aromatic rings. The van der Waals surface area contributed by atoms with Gasteiger partial charge in [0.1, 0.15) is 18.4 Å². The van der Waals surface area contributed by atoms with Gasteiger partial charge in [-0.3, -0.25) is 0 Å². The Labute approximate surface area is 160 Å². The van der Waals surface area contributed by atoms with E-state index in [2.05, 4.69) is 0 Å². The predicted molar refractivity (Wildman–Crippen MR) is 106 cm³/mol. The van der Waals surface area contributed by atoms with Gasteiger partial charge >= 0.3 is 0 Å². The molecule has 0 amide bonds. The van der Waals surface area contributed by atoms with Gasteiger partial charge in [0.15, 0.2) is 0 Å². The lowest BCUT2D eigenvalue weighted by molar-refractivity contribution is 0.319. The first-order chi connectivity index (χ1) is 13.3. The minimum atomic E-state index is -1.34. The molecule has 1 heterocycles. The second-order valence-electron chi connectivity index (χ2n) is 6.11. The van der Waals surface area contributed by atoms with Gasteiger partial charge in [0, 0.05) is 4.90 Å². The van der Waals surface area contributed by atoms with Gasteiger partial charge in [0.2, 0.25) is 5.90 Å². The van der Waals surface area contributed by atoms with Gasteiger partial charge < -0.3 is 9.47 Å². The van der Waals surface area contributed by atoms with Crippen molar-refractivity contribution in [3.63, 3.8) is 0 Å². The Balaban J connectivity index is 1.66. The number of benzene rings is 3. The Kier molecular flexibility index (Phi) is 5.03. The summed E-state index contributed by atoms with van der Waals surface area (Å²) >= 11 is 0. The Morgan fingerprint density at radius 1 is 0.963 bits per heavy atom. The average molecular weight is 377 g/mol. The molecule has 0 unspecified atom stereocenters. The maximum Gasteiger partial charge on any atom is 0.218 e. The first-order valence-corrected chi connectivity index (χ1v) is 9.82. The SMILES string of the molecule is COc1ccc([S@](=O)c2ccccc2C2=N[C@@H](c3ccccc3)CO2)cc1. The third kappa shape index (κ3) is 3.64. The Morgan fingerprint density at radius 3 is 2.41 bits per heavy atom. The largest absolute Gasteiger partial charge is 0.497 e. The zero-order chi connectivity index (χ0) is 18.6. The molecule has 5 heteroatoms. The van der Waals surface area contributed by atoms with E-state index in [4.69, 9.17) is 14.5 Å². The van der Waals surface area contributed by atoms with Crippen molar-refractivity contribution in [2.75, 3.05) is 13.7 Å². The van der Waals surface area contributed by atoms with Crippen LogP contribution >= 0.6 is 0 Å². The third-order valence-corrected chi connectivity index (χ3v) is 5.88. The molecule has 0 saturated carbocycles. The van der Waals surface area contributed by atoms with Crippen molar-refractivity contribution in [1.29, 1.82) is 0 Å². The van der Waals surface area contributed by atoms with Gasteiger partial charge in [-0.05, 0) is 42.0 Å². The normalized spacial score (nSPS) is 17.1. The zero-order valence-electron chi connectivity index (χ0n) is 14.9. The van der Waals surface area contributed by atoms with Crippen LogP contribution in [0, 0.1) is 0 Å². The number of nitrogens with zero attached hydrogens (tertiary/aromatic N) is 1. The highest BCUT2D eigenvalue weighted by molar-refractivity contribution is 7.85. The van der Waals surface area contributed by atoms with Crippen molar-refractivity contribution < 1.29 is 13.7 Å². The first kappa shape index (κ1) is 17.5. The maximum absolute atomic E-state index is 13.1. The summed E-state index contributed by atoms with van der Waals surface area (Å²) in [4.78, 5) is 6.13. The van der Waals surface area contributed by atoms with Crippen LogP contribution in [0.3, 0.4) is 0 Å². The molecule has 4 rings (SSSR count). The number of methoxy groups -OCH3 is 1. The summed E-state index contributed by atoms with van der Waals surface area (Å²) in [6, 6.07) is 24.8. The predicted octanol–water partition coefficient (Wildman–Crippen LogP) is 4.38. The van der Waals surface area contributed by atoms with E-state index in [0.29, 0.717) is 22.3 Å². The standard InChI is InChI=1S/C22H19NO3S/c1-25-17-11-13-18(14-12-17)27(24)21-10-6-5-9-19(21)22-23-20(15-26-22)16-7-3-2-4-8-16/h2-14,20H,15H2,1H3/t20-,27+/m1/s1. The quantitative estimate of drug-likeness (QED) is 0.663. The fourth-order valence-corrected chi connectivity index (χ4v) is 4.19. The Hall–Kier alpha value is -2.92. The molecule has 0 aromatic heterocycles. The summed E-state index contributed by atoms with van der Waals surface area (Å²) in [5, 5.41) is 0. The molecule has 1 aliphatic heterocycles. The summed E-state index contributed by atoms with van der Waals surface area (Å²) < 4.78 is 24.2. The third-order valence-electron chi connectivity index (χ3n) is 4.43. The maximum atomic E-state index is 13.1. The molecule has 0 saturated heterocycles. The van der Waals surface area contributed by atoms with Crippen LogP contribution < -0.4 is 4.74 Å². The first-order valence-electron chi connectivity index (χ1n) is 8.67. The average Bonchev–Trinajstić information content (AvgIpc) is 3.24. The summed E-state index contributed by atoms with van der Waals surface area (Å²) in [7, 11) is 0.274. The lowest BCUT2D eigenvalue weighted by Crippen LogP contribution is -2.07. The summed E-state index contributed by atoms with van der Waals surface area (Å²) in [6.07, 6.45) is 0. The van der Waals surface area contributed by atoms with Crippen molar-refractivity contribution in [1.82, 2.24) is 0 Å². The molecule has 136 valence electrons. The molecular weight excluding hydrogens is 358 g/mol. The summed E-state index contributed by atoms with van der Waals surface area (Å²) in [5.74, 6) is 1.28. The van der Waals surface area contributed by atoms with E-state index in [9.17, 15) is 4.21 Å². The van der Waals surface area contributed by atoms with Gasteiger partial charge in [-0.2, -0.15) is 0 Å². The van der Waals surface area contributed by atoms with Crippen LogP contribution in [0.5, 0.6) is 5.75 Å². The van der Waals surface area contributed by atoms with Crippen molar-refractivity contribution in [2.24, 2.45) is 4.99 Å². The summed E-state index contributed by atoms with van der Waals surface area (Å²) in [5.41, 5.74) is 1.88. The number of ether oxygens (including phenoxy) is 2. The Bertz CT molecular complexity index is 984. The van der Waals surface area contributed by atoms with E-state index in [1.54, 1.807) is 7.11 Å². The lowest BCUT2D eigenvalue weighted by atomic mass is 10.1. The van der Waals surface area contributed by atoms with Gasteiger partial charge in [0.25, 0.3) is 0 Å². The number of rotatable bonds is 5. The highest BCUT2D eigenvalue weighted by Gasteiger charge is 2.24. The monoisotopic (exact) mass is 377 g/mol. The lowest BCUT2D eigenvalue weighted by Gasteiger charge is -2.09. The fourth-order valence-electron chi connectivity index (χ4n) is 3.00. The van der Waals surface area contributed by atoms with Gasteiger partial charge in [-0.25, -0.2) is 9.20 Å². The van der Waals surface area contributed by atoms with Crippen molar-refractivity contribution in [3.8, 4) is 5.75 Å². The van der Waals surface area contributed by atoms with Gasteiger partial charge in [0.05, 0.1) is 28.4 Å². The van der Waals surface area contributed by atoms with Crippen LogP contribution in [0.1, 0.15) is 17.2 Å². The van der Waals surface area contributed by atoms with E-state index in [1.165, 1.54) is 0 Å². The van der Waals surface area contributed by atoms with Crippen LogP contribution in [-0.4, -0.2) is 23.8 Å². The van der Waals surface area contributed by atoms with E-state index in [1.807, 2.05) is 78.9 Å². The smallest absolute Gasteiger partial charge is 0.218 e. The van der Waals surface area contributed by atoms with Crippen LogP contribution in [0.15, 0.2) is 93.6 Å². The number of hydrogen-bond donors (Lipinski definition) is 0. The zero-order valence-corrected chi connectivity index (χ0v) is 15.7. The van der Waals surface area contributed by atoms with Gasteiger partial charge in [-0.15, -0.1) is 0 Å². The second-order valence-corrected chi connectivity index (χ2v) is 7.56. The van der Waals surface area contributed by atoms with E-state index < -0.39 is 10.8 Å². The molecule has 27 heavy (non-hydrogen) atoms. The Morgan fingerprint density at radius 2 is 1.67 bits per heavy atom. The fraction of sp³-hybridized carbons (Fsp3) is 0.136. The summed E-state index contributed by atoms with van der Waals surface area (Å²) in [6.45, 7) is 0.489. The number of hydrogen-bond acceptors (Lipinski definition) is 4. The van der Waals surface area contributed by atoms with Crippen LogP contribution in [-0.2, 0) is 15.5 Å². The molecule has 0 spiro atoms. The number of aliphatic imine (C=N–C) groups is 1. The van der Waals surface area contributed by atoms with Crippen LogP contribution in [0.4, 0.5) is 0 Å². The molecule has 2 atom stereocenters. The van der Waals surface area contributed by atoms with Crippen molar-refractivity contribution >= 4 is 16.7 Å². The topological polar surface area (TPSA) is 47.9 Å². The molecule has 0 N–H and O–H groups in total. The van der Waals surface area contributed by atoms with Crippen molar-refractivity contribution in [2.45, 2.75) is 15.8 Å². The van der Waals surface area contributed by atoms with E-state index in [-0.39, 0.29) is 6.04 Å². The van der Waals surface area contributed by atoms with Gasteiger partial charge in [-0.1, -0.05) is 42.5 Å². The highest BCUT2D eigenvalue weighted by atomic mass is 32.2. The second kappa shape index (κ2) is 7.76. The highest BCUT2D eigenvalue weighted by Crippen LogP contribution is 2.28. The van der Waals surface area contributed by atoms with Crippen molar-refractivity contribution in [3.05, 3.63) is 90.0 Å². The van der Waals surface area contributed by atoms with E-state index in [0.717, 1.165) is 16.9 Å². The van der Waals surface area contributed by atoms with Crippen LogP contribution in [0.25, 0.3) is 0 Å². The minimum Gasteiger partial charge on any atom is -0.497 e. The molecular formula is C22H19NO3S. The minimum absolute atomic E-state index is 0.0383. The molecule has 3 aromatic carbocycles. The molecule has 0 radical (unpaired) electrons. The molecule has 0 bridgehead atoms. The molecule has 1 aliphatic rings. The van der Waals surface area contributed by atoms with E-state index >= 15 is 0 Å².